The molecule has 1 atom stereocenters. The molecule has 1 unspecified atom stereocenters. The molecule has 0 amide bonds. The first-order valence-electron chi connectivity index (χ1n) is 12.5. The monoisotopic (exact) mass is 421 g/mol. The van der Waals surface area contributed by atoms with Crippen LogP contribution in [0.15, 0.2) is 0 Å². The van der Waals surface area contributed by atoms with Crippen LogP contribution in [0, 0.1) is 0 Å². The van der Waals surface area contributed by atoms with Crippen molar-refractivity contribution in [2.45, 2.75) is 167 Å². The van der Waals surface area contributed by atoms with Gasteiger partial charge in [-0.3, -0.25) is 0 Å². The Morgan fingerprint density at radius 2 is 0.607 bits per heavy atom. The molecule has 0 N–H and O–H groups in total. The van der Waals surface area contributed by atoms with E-state index in [4.69, 9.17) is 15.7 Å². The van der Waals surface area contributed by atoms with Gasteiger partial charge in [0.2, 0.25) is 0 Å². The summed E-state index contributed by atoms with van der Waals surface area (Å²) in [5, 5.41) is 0. The topological polar surface area (TPSA) is 0 Å². The Labute approximate surface area is 193 Å². The molecule has 0 aromatic carbocycles. The Hall–Kier alpha value is 0.560. The fourth-order valence-corrected chi connectivity index (χ4v) is 0.558. The second-order valence-electron chi connectivity index (χ2n) is 4.99. The molecule has 0 fully saturated rings. The number of unbranched alkanes of at least 4 members (excludes halogenated alkanes) is 4. The van der Waals surface area contributed by atoms with Crippen molar-refractivity contribution >= 4 is 25.6 Å². The molecular formula is C25H67B2P. The smallest absolute Gasteiger partial charge is 0.0652 e. The Kier molecular flexibility index (Phi) is 295. The Morgan fingerprint density at radius 1 is 0.393 bits per heavy atom. The lowest BCUT2D eigenvalue weighted by molar-refractivity contribution is 0.772. The average molecular weight is 420 g/mol. The molecule has 0 saturated heterocycles. The Morgan fingerprint density at radius 3 is 0.607 bits per heavy atom. The van der Waals surface area contributed by atoms with Crippen LogP contribution < -0.4 is 0 Å². The highest BCUT2D eigenvalue weighted by molar-refractivity contribution is 6.92. The highest BCUT2D eigenvalue weighted by Gasteiger charge is 1.68. The molecule has 0 heterocycles. The maximum absolute atomic E-state index is 5.14. The lowest BCUT2D eigenvalue weighted by Crippen LogP contribution is -1.63. The van der Waals surface area contributed by atoms with Crippen LogP contribution in [0.4, 0.5) is 0 Å². The molecule has 0 saturated carbocycles. The SMILES string of the molecule is CC.CC.CC.CCC.CCCC.CCCCC.P.[B]CCC.[B]CCCC. The normalized spacial score (nSPS) is 6.36. The van der Waals surface area contributed by atoms with Gasteiger partial charge in [0, 0.05) is 0 Å². The van der Waals surface area contributed by atoms with Gasteiger partial charge in [0.15, 0.2) is 0 Å². The van der Waals surface area contributed by atoms with Crippen LogP contribution in [-0.4, -0.2) is 15.7 Å². The summed E-state index contributed by atoms with van der Waals surface area (Å²) in [6.07, 6.45) is 13.1. The summed E-state index contributed by atoms with van der Waals surface area (Å²) >= 11 is 0. The summed E-state index contributed by atoms with van der Waals surface area (Å²) in [6, 6.07) is 0. The van der Waals surface area contributed by atoms with Gasteiger partial charge in [0.05, 0.1) is 15.7 Å². The quantitative estimate of drug-likeness (QED) is 0.296. The van der Waals surface area contributed by atoms with E-state index in [-0.39, 0.29) is 9.90 Å². The lowest BCUT2D eigenvalue weighted by atomic mass is 10.0. The van der Waals surface area contributed by atoms with Crippen molar-refractivity contribution in [3.05, 3.63) is 0 Å². The zero-order valence-electron chi connectivity index (χ0n) is 23.6. The van der Waals surface area contributed by atoms with Gasteiger partial charge in [0.1, 0.15) is 0 Å². The first-order valence-corrected chi connectivity index (χ1v) is 12.5. The van der Waals surface area contributed by atoms with Gasteiger partial charge < -0.3 is 0 Å². The number of hydrogen-bond acceptors (Lipinski definition) is 0. The Bertz CT molecular complexity index is 74.6. The second-order valence-corrected chi connectivity index (χ2v) is 4.99. The fraction of sp³-hybridized carbons (Fsp3) is 1.00. The lowest BCUT2D eigenvalue weighted by Gasteiger charge is -1.79. The van der Waals surface area contributed by atoms with Gasteiger partial charge in [-0.1, -0.05) is 167 Å². The zero-order chi connectivity index (χ0) is 23.8. The van der Waals surface area contributed by atoms with Crippen molar-refractivity contribution in [2.24, 2.45) is 0 Å². The molecule has 0 spiro atoms. The summed E-state index contributed by atoms with van der Waals surface area (Å²) in [5.74, 6) is 0. The summed E-state index contributed by atoms with van der Waals surface area (Å²) < 4.78 is 0. The van der Waals surface area contributed by atoms with Crippen molar-refractivity contribution in [2.75, 3.05) is 0 Å². The highest BCUT2D eigenvalue weighted by atomic mass is 31.0. The first kappa shape index (κ1) is 56.7. The third kappa shape index (κ3) is 403. The third-order valence-electron chi connectivity index (χ3n) is 2.05. The summed E-state index contributed by atoms with van der Waals surface area (Å²) in [4.78, 5) is 0. The van der Waals surface area contributed by atoms with E-state index in [2.05, 4.69) is 55.4 Å². The van der Waals surface area contributed by atoms with Gasteiger partial charge in [-0.25, -0.2) is 0 Å². The predicted molar refractivity (Wildman–Crippen MR) is 153 cm³/mol. The van der Waals surface area contributed by atoms with Crippen LogP contribution in [-0.2, 0) is 0 Å². The molecule has 0 aliphatic rings. The second kappa shape index (κ2) is 145. The average Bonchev–Trinajstić information content (AvgIpc) is 2.75. The first-order chi connectivity index (χ1) is 13.1. The van der Waals surface area contributed by atoms with Crippen molar-refractivity contribution in [1.82, 2.24) is 0 Å². The predicted octanol–water partition coefficient (Wildman–Crippen LogP) is 10.9. The third-order valence-corrected chi connectivity index (χ3v) is 2.05. The highest BCUT2D eigenvalue weighted by Crippen LogP contribution is 1.88. The van der Waals surface area contributed by atoms with Crippen LogP contribution in [0.1, 0.15) is 155 Å². The minimum absolute atomic E-state index is 0. The molecule has 0 aromatic rings. The summed E-state index contributed by atoms with van der Waals surface area (Å²) in [6.45, 7) is 29.2. The van der Waals surface area contributed by atoms with Crippen molar-refractivity contribution in [1.29, 1.82) is 0 Å². The van der Waals surface area contributed by atoms with E-state index in [9.17, 15) is 0 Å². The van der Waals surface area contributed by atoms with E-state index >= 15 is 0 Å². The number of hydrogen-bond donors (Lipinski definition) is 0. The van der Waals surface area contributed by atoms with Gasteiger partial charge in [-0.2, -0.15) is 9.90 Å². The van der Waals surface area contributed by atoms with Crippen LogP contribution >= 0.6 is 9.90 Å². The zero-order valence-corrected chi connectivity index (χ0v) is 25.1. The van der Waals surface area contributed by atoms with Gasteiger partial charge in [0.25, 0.3) is 0 Å². The van der Waals surface area contributed by atoms with Crippen LogP contribution in [0.2, 0.25) is 12.6 Å². The molecule has 28 heavy (non-hydrogen) atoms. The van der Waals surface area contributed by atoms with Crippen molar-refractivity contribution in [3.8, 4) is 0 Å². The van der Waals surface area contributed by atoms with E-state index < -0.39 is 0 Å². The van der Waals surface area contributed by atoms with Crippen molar-refractivity contribution < 1.29 is 0 Å². The molecule has 0 nitrogen and oxygen atoms in total. The number of rotatable bonds is 6. The maximum Gasteiger partial charge on any atom is 0.0652 e. The van der Waals surface area contributed by atoms with Crippen molar-refractivity contribution in [3.63, 3.8) is 0 Å². The molecule has 0 bridgehead atoms. The molecule has 0 aromatic heterocycles. The summed E-state index contributed by atoms with van der Waals surface area (Å²) in [5.41, 5.74) is 0. The van der Waals surface area contributed by atoms with Crippen LogP contribution in [0.5, 0.6) is 0 Å². The molecule has 178 valence electrons. The molecule has 3 heteroatoms. The molecule has 0 aliphatic carbocycles. The Balaban J connectivity index is -0.0000000215. The van der Waals surface area contributed by atoms with E-state index in [1.54, 1.807) is 0 Å². The van der Waals surface area contributed by atoms with Gasteiger partial charge >= 0.3 is 0 Å². The van der Waals surface area contributed by atoms with Gasteiger partial charge in [-0.05, 0) is 0 Å². The minimum Gasteiger partial charge on any atom is -0.153 e. The standard InChI is InChI=1S/C5H12.C4H9B.C4H10.C3H7B.C3H8.3C2H6.H3P/c1-3-5-4-2;1-2-3-4-5;1-3-4-2;1-2-3-4;1-3-2;3*1-2;/h3-5H2,1-2H3;2-4H2,1H3;3-4H2,1-2H3;2-3H2,1H3;3H2,1-2H3;3*1-2H3;1H3. The maximum atomic E-state index is 5.14. The molecule has 0 rings (SSSR count). The van der Waals surface area contributed by atoms with Crippen LogP contribution in [0.3, 0.4) is 0 Å². The van der Waals surface area contributed by atoms with Gasteiger partial charge in [-0.15, -0.1) is 0 Å². The molecule has 4 radical (unpaired) electrons. The molecular weight excluding hydrogens is 353 g/mol. The summed E-state index contributed by atoms with van der Waals surface area (Å²) in [7, 11) is 10.2. The van der Waals surface area contributed by atoms with E-state index in [0.29, 0.717) is 0 Å². The van der Waals surface area contributed by atoms with Crippen LogP contribution in [0.25, 0.3) is 0 Å². The fourth-order valence-electron chi connectivity index (χ4n) is 0.558. The van der Waals surface area contributed by atoms with E-state index in [0.717, 1.165) is 19.1 Å². The van der Waals surface area contributed by atoms with E-state index in [1.807, 2.05) is 41.5 Å². The largest absolute Gasteiger partial charge is 0.153 e. The molecule has 0 aliphatic heterocycles. The van der Waals surface area contributed by atoms with E-state index in [1.165, 1.54) is 51.4 Å². The minimum atomic E-state index is 0.